The molecule has 0 radical (unpaired) electrons. The molecular formula is C20H26ClN5O. The van der Waals surface area contributed by atoms with Crippen molar-refractivity contribution in [2.24, 2.45) is 4.99 Å². The van der Waals surface area contributed by atoms with Crippen molar-refractivity contribution in [2.75, 3.05) is 13.6 Å². The fourth-order valence-electron chi connectivity index (χ4n) is 3.11. The number of hydrogen-bond donors (Lipinski definition) is 2. The van der Waals surface area contributed by atoms with E-state index < -0.39 is 0 Å². The normalized spacial score (nSPS) is 15.0. The van der Waals surface area contributed by atoms with Crippen molar-refractivity contribution in [3.05, 3.63) is 52.9 Å². The number of ether oxygens (including phenoxy) is 1. The Morgan fingerprint density at radius 3 is 2.81 bits per heavy atom. The van der Waals surface area contributed by atoms with Gasteiger partial charge in [-0.1, -0.05) is 23.7 Å². The fraction of sp³-hybridized carbons (Fsp3) is 0.450. The molecule has 0 aliphatic heterocycles. The van der Waals surface area contributed by atoms with Gasteiger partial charge in [0.05, 0.1) is 0 Å². The Morgan fingerprint density at radius 2 is 2.07 bits per heavy atom. The van der Waals surface area contributed by atoms with Crippen LogP contribution in [-0.2, 0) is 13.0 Å². The summed E-state index contributed by atoms with van der Waals surface area (Å²) < 4.78 is 6.09. The van der Waals surface area contributed by atoms with Crippen molar-refractivity contribution >= 4 is 17.6 Å². The van der Waals surface area contributed by atoms with Crippen LogP contribution < -0.4 is 15.4 Å². The summed E-state index contributed by atoms with van der Waals surface area (Å²) in [5.74, 6) is 1.46. The molecule has 1 aliphatic rings. The number of rotatable bonds is 7. The molecule has 0 saturated heterocycles. The third kappa shape index (κ3) is 6.10. The van der Waals surface area contributed by atoms with Gasteiger partial charge in [0, 0.05) is 38.1 Å². The topological polar surface area (TPSA) is 71.4 Å². The number of hydrogen-bond acceptors (Lipinski definition) is 4. The van der Waals surface area contributed by atoms with Crippen LogP contribution in [0.5, 0.6) is 5.88 Å². The van der Waals surface area contributed by atoms with Crippen LogP contribution in [0.1, 0.15) is 36.8 Å². The van der Waals surface area contributed by atoms with E-state index in [1.165, 1.54) is 12.8 Å². The molecule has 0 bridgehead atoms. The van der Waals surface area contributed by atoms with Gasteiger partial charge in [-0.15, -0.1) is 0 Å². The average molecular weight is 388 g/mol. The zero-order valence-electron chi connectivity index (χ0n) is 15.6. The van der Waals surface area contributed by atoms with Crippen LogP contribution in [0, 0.1) is 0 Å². The Morgan fingerprint density at radius 1 is 1.22 bits per heavy atom. The molecule has 0 aromatic carbocycles. The molecule has 0 atom stereocenters. The molecule has 7 heteroatoms. The predicted molar refractivity (Wildman–Crippen MR) is 108 cm³/mol. The Balaban J connectivity index is 1.48. The summed E-state index contributed by atoms with van der Waals surface area (Å²) in [6.45, 7) is 1.36. The Hall–Kier alpha value is -2.34. The number of aliphatic imine (C=N–C) groups is 1. The summed E-state index contributed by atoms with van der Waals surface area (Å²) in [6.07, 6.45) is 9.43. The second kappa shape index (κ2) is 10.1. The fourth-order valence-corrected chi connectivity index (χ4v) is 3.22. The SMILES string of the molecule is CN=C(NCCc1ccc(Cl)nc1)NCc1cccnc1OC1CCCC1. The Bertz CT molecular complexity index is 744. The molecule has 0 unspecified atom stereocenters. The minimum atomic E-state index is 0.295. The van der Waals surface area contributed by atoms with E-state index in [9.17, 15) is 0 Å². The average Bonchev–Trinajstić information content (AvgIpc) is 3.20. The zero-order valence-corrected chi connectivity index (χ0v) is 16.4. The molecule has 27 heavy (non-hydrogen) atoms. The number of guanidine groups is 1. The first-order chi connectivity index (χ1) is 13.2. The molecule has 1 saturated carbocycles. The summed E-state index contributed by atoms with van der Waals surface area (Å²) >= 11 is 5.81. The highest BCUT2D eigenvalue weighted by molar-refractivity contribution is 6.29. The predicted octanol–water partition coefficient (Wildman–Crippen LogP) is 3.36. The van der Waals surface area contributed by atoms with E-state index in [1.807, 2.05) is 18.2 Å². The standard InChI is InChI=1S/C20H26ClN5O/c1-22-20(24-12-10-15-8-9-18(21)25-13-15)26-14-16-5-4-11-23-19(16)27-17-6-2-3-7-17/h4-5,8-9,11,13,17H,2-3,6-7,10,12,14H2,1H3,(H2,22,24,26). The van der Waals surface area contributed by atoms with Gasteiger partial charge in [-0.05, 0) is 49.8 Å². The van der Waals surface area contributed by atoms with E-state index in [0.29, 0.717) is 17.8 Å². The molecule has 2 aromatic rings. The number of halogens is 1. The van der Waals surface area contributed by atoms with Gasteiger partial charge in [-0.3, -0.25) is 4.99 Å². The van der Waals surface area contributed by atoms with E-state index in [1.54, 1.807) is 25.5 Å². The van der Waals surface area contributed by atoms with E-state index in [0.717, 1.165) is 48.8 Å². The molecule has 0 spiro atoms. The molecule has 2 aromatic heterocycles. The Kier molecular flexibility index (Phi) is 7.27. The van der Waals surface area contributed by atoms with Gasteiger partial charge in [-0.25, -0.2) is 9.97 Å². The van der Waals surface area contributed by atoms with Crippen molar-refractivity contribution in [1.29, 1.82) is 0 Å². The summed E-state index contributed by atoms with van der Waals surface area (Å²) in [5, 5.41) is 7.15. The lowest BCUT2D eigenvalue weighted by Crippen LogP contribution is -2.38. The third-order valence-corrected chi connectivity index (χ3v) is 4.82. The smallest absolute Gasteiger partial charge is 0.218 e. The second-order valence-electron chi connectivity index (χ2n) is 6.58. The molecule has 2 N–H and O–H groups in total. The zero-order chi connectivity index (χ0) is 18.9. The lowest BCUT2D eigenvalue weighted by atomic mass is 10.2. The van der Waals surface area contributed by atoms with Crippen LogP contribution in [0.4, 0.5) is 0 Å². The minimum absolute atomic E-state index is 0.295. The van der Waals surface area contributed by atoms with Crippen LogP contribution in [0.3, 0.4) is 0 Å². The van der Waals surface area contributed by atoms with Crippen molar-refractivity contribution in [3.8, 4) is 5.88 Å². The highest BCUT2D eigenvalue weighted by Crippen LogP contribution is 2.24. The monoisotopic (exact) mass is 387 g/mol. The van der Waals surface area contributed by atoms with Gasteiger partial charge in [0.2, 0.25) is 5.88 Å². The minimum Gasteiger partial charge on any atom is -0.474 e. The first-order valence-electron chi connectivity index (χ1n) is 9.40. The van der Waals surface area contributed by atoms with Crippen molar-refractivity contribution < 1.29 is 4.74 Å². The molecule has 6 nitrogen and oxygen atoms in total. The van der Waals surface area contributed by atoms with Crippen LogP contribution in [0.25, 0.3) is 0 Å². The maximum atomic E-state index is 6.09. The number of nitrogens with zero attached hydrogens (tertiary/aromatic N) is 3. The van der Waals surface area contributed by atoms with Crippen LogP contribution >= 0.6 is 11.6 Å². The van der Waals surface area contributed by atoms with E-state index in [2.05, 4.69) is 25.6 Å². The Labute approximate surface area is 165 Å². The second-order valence-corrected chi connectivity index (χ2v) is 6.97. The largest absolute Gasteiger partial charge is 0.474 e. The first-order valence-corrected chi connectivity index (χ1v) is 9.78. The molecule has 144 valence electrons. The van der Waals surface area contributed by atoms with Gasteiger partial charge in [0.15, 0.2) is 5.96 Å². The van der Waals surface area contributed by atoms with Gasteiger partial charge < -0.3 is 15.4 Å². The first kappa shape index (κ1) is 19.4. The van der Waals surface area contributed by atoms with Crippen molar-refractivity contribution in [2.45, 2.75) is 44.8 Å². The van der Waals surface area contributed by atoms with Crippen LogP contribution in [-0.4, -0.2) is 35.6 Å². The summed E-state index contributed by atoms with van der Waals surface area (Å²) in [4.78, 5) is 12.8. The maximum absolute atomic E-state index is 6.09. The highest BCUT2D eigenvalue weighted by Gasteiger charge is 2.18. The van der Waals surface area contributed by atoms with Gasteiger partial charge in [0.25, 0.3) is 0 Å². The number of aromatic nitrogens is 2. The van der Waals surface area contributed by atoms with Crippen LogP contribution in [0.2, 0.25) is 5.15 Å². The van der Waals surface area contributed by atoms with Crippen molar-refractivity contribution in [3.63, 3.8) is 0 Å². The van der Waals surface area contributed by atoms with Gasteiger partial charge >= 0.3 is 0 Å². The van der Waals surface area contributed by atoms with Gasteiger partial charge in [0.1, 0.15) is 11.3 Å². The summed E-state index contributed by atoms with van der Waals surface area (Å²) in [7, 11) is 1.76. The third-order valence-electron chi connectivity index (χ3n) is 4.60. The lowest BCUT2D eigenvalue weighted by Gasteiger charge is -2.16. The number of pyridine rings is 2. The summed E-state index contributed by atoms with van der Waals surface area (Å²) in [5.41, 5.74) is 2.16. The van der Waals surface area contributed by atoms with Crippen molar-refractivity contribution in [1.82, 2.24) is 20.6 Å². The summed E-state index contributed by atoms with van der Waals surface area (Å²) in [6, 6.07) is 7.76. The number of nitrogens with one attached hydrogen (secondary N) is 2. The molecule has 0 amide bonds. The van der Waals surface area contributed by atoms with Gasteiger partial charge in [-0.2, -0.15) is 0 Å². The molecular weight excluding hydrogens is 362 g/mol. The van der Waals surface area contributed by atoms with E-state index >= 15 is 0 Å². The molecule has 3 rings (SSSR count). The highest BCUT2D eigenvalue weighted by atomic mass is 35.5. The van der Waals surface area contributed by atoms with Crippen LogP contribution in [0.15, 0.2) is 41.7 Å². The van der Waals surface area contributed by atoms with E-state index in [-0.39, 0.29) is 0 Å². The molecule has 1 aliphatic carbocycles. The van der Waals surface area contributed by atoms with E-state index in [4.69, 9.17) is 16.3 Å². The quantitative estimate of drug-likeness (QED) is 0.433. The molecule has 1 fully saturated rings. The lowest BCUT2D eigenvalue weighted by molar-refractivity contribution is 0.199. The maximum Gasteiger partial charge on any atom is 0.218 e. The molecule has 2 heterocycles.